The van der Waals surface area contributed by atoms with Crippen LogP contribution in [0.2, 0.25) is 0 Å². The van der Waals surface area contributed by atoms with Gasteiger partial charge in [-0.15, -0.1) is 0 Å². The molecule has 2 fully saturated rings. The normalized spacial score (nSPS) is 30.2. The lowest BCUT2D eigenvalue weighted by Gasteiger charge is -2.23. The van der Waals surface area contributed by atoms with Gasteiger partial charge < -0.3 is 10.6 Å². The number of rotatable bonds is 4. The maximum Gasteiger partial charge on any atom is 0.234 e. The Morgan fingerprint density at radius 2 is 2.17 bits per heavy atom. The van der Waals surface area contributed by atoms with E-state index in [1.807, 2.05) is 0 Å². The first kappa shape index (κ1) is 13.8. The summed E-state index contributed by atoms with van der Waals surface area (Å²) in [6.45, 7) is 11.4. The van der Waals surface area contributed by atoms with Gasteiger partial charge in [0.2, 0.25) is 5.91 Å². The van der Waals surface area contributed by atoms with E-state index in [9.17, 15) is 4.79 Å². The topological polar surface area (TPSA) is 44.4 Å². The molecule has 2 rings (SSSR count). The van der Waals surface area contributed by atoms with Gasteiger partial charge in [0, 0.05) is 19.1 Å². The Bertz CT molecular complexity index is 297. The van der Waals surface area contributed by atoms with Crippen LogP contribution in [0.15, 0.2) is 0 Å². The van der Waals surface area contributed by atoms with Crippen molar-refractivity contribution in [3.63, 3.8) is 0 Å². The Labute approximate surface area is 110 Å². The summed E-state index contributed by atoms with van der Waals surface area (Å²) in [7, 11) is 0. The summed E-state index contributed by atoms with van der Waals surface area (Å²) in [6, 6.07) is 0.266. The van der Waals surface area contributed by atoms with Gasteiger partial charge in [0.15, 0.2) is 0 Å². The summed E-state index contributed by atoms with van der Waals surface area (Å²) in [4.78, 5) is 14.3. The highest BCUT2D eigenvalue weighted by Gasteiger charge is 2.40. The van der Waals surface area contributed by atoms with Crippen molar-refractivity contribution >= 4 is 5.91 Å². The van der Waals surface area contributed by atoms with E-state index >= 15 is 0 Å². The highest BCUT2D eigenvalue weighted by molar-refractivity contribution is 5.78. The molecule has 0 aromatic rings. The van der Waals surface area contributed by atoms with Crippen LogP contribution in [-0.4, -0.2) is 49.6 Å². The maximum absolute atomic E-state index is 11.9. The molecule has 104 valence electrons. The summed E-state index contributed by atoms with van der Waals surface area (Å²) >= 11 is 0. The molecule has 18 heavy (non-hydrogen) atoms. The van der Waals surface area contributed by atoms with Crippen molar-refractivity contribution in [3.8, 4) is 0 Å². The van der Waals surface area contributed by atoms with E-state index in [-0.39, 0.29) is 11.9 Å². The first-order valence-corrected chi connectivity index (χ1v) is 7.23. The van der Waals surface area contributed by atoms with Crippen LogP contribution in [0.3, 0.4) is 0 Å². The van der Waals surface area contributed by atoms with E-state index in [1.165, 1.54) is 12.8 Å². The van der Waals surface area contributed by atoms with Crippen LogP contribution in [0.4, 0.5) is 0 Å². The molecule has 2 unspecified atom stereocenters. The first-order valence-electron chi connectivity index (χ1n) is 7.23. The fourth-order valence-electron chi connectivity index (χ4n) is 2.98. The summed E-state index contributed by atoms with van der Waals surface area (Å²) in [5.41, 5.74) is 0.462. The summed E-state index contributed by atoms with van der Waals surface area (Å²) in [6.07, 6.45) is 2.51. The number of carbonyl (C=O) groups excluding carboxylic acids is 1. The molecular weight excluding hydrogens is 226 g/mol. The van der Waals surface area contributed by atoms with Crippen molar-refractivity contribution in [2.24, 2.45) is 11.3 Å². The Kier molecular flexibility index (Phi) is 4.28. The van der Waals surface area contributed by atoms with Crippen LogP contribution in [0.5, 0.6) is 0 Å². The average Bonchev–Trinajstić information content (AvgIpc) is 2.90. The minimum Gasteiger partial charge on any atom is -0.352 e. The molecule has 0 radical (unpaired) electrons. The molecule has 4 heteroatoms. The van der Waals surface area contributed by atoms with Crippen LogP contribution in [0.1, 0.15) is 33.6 Å². The molecule has 2 atom stereocenters. The lowest BCUT2D eigenvalue weighted by Crippen LogP contribution is -2.42. The molecule has 1 amide bonds. The maximum atomic E-state index is 11.9. The SMILES string of the molecule is CC(C)C(C)NC(=O)CN1CCC2(CCNC2)C1. The van der Waals surface area contributed by atoms with Gasteiger partial charge in [0.25, 0.3) is 0 Å². The van der Waals surface area contributed by atoms with Crippen molar-refractivity contribution in [3.05, 3.63) is 0 Å². The largest absolute Gasteiger partial charge is 0.352 e. The molecule has 2 N–H and O–H groups in total. The van der Waals surface area contributed by atoms with Gasteiger partial charge in [-0.2, -0.15) is 0 Å². The zero-order valence-electron chi connectivity index (χ0n) is 12.0. The van der Waals surface area contributed by atoms with Crippen molar-refractivity contribution in [1.29, 1.82) is 0 Å². The number of likely N-dealkylation sites (tertiary alicyclic amines) is 1. The number of hydrogen-bond acceptors (Lipinski definition) is 3. The molecule has 0 aromatic carbocycles. The van der Waals surface area contributed by atoms with Gasteiger partial charge in [-0.05, 0) is 44.2 Å². The third-order valence-electron chi connectivity index (χ3n) is 4.61. The first-order chi connectivity index (χ1) is 8.51. The second kappa shape index (κ2) is 5.57. The quantitative estimate of drug-likeness (QED) is 0.780. The molecule has 0 aliphatic carbocycles. The van der Waals surface area contributed by atoms with Crippen LogP contribution in [0.25, 0.3) is 0 Å². The smallest absolute Gasteiger partial charge is 0.234 e. The van der Waals surface area contributed by atoms with Gasteiger partial charge >= 0.3 is 0 Å². The number of hydrogen-bond donors (Lipinski definition) is 2. The highest BCUT2D eigenvalue weighted by atomic mass is 16.2. The Morgan fingerprint density at radius 3 is 2.78 bits per heavy atom. The van der Waals surface area contributed by atoms with E-state index in [0.29, 0.717) is 17.9 Å². The van der Waals surface area contributed by atoms with Crippen molar-refractivity contribution in [2.45, 2.75) is 39.7 Å². The third kappa shape index (κ3) is 3.23. The molecule has 2 aliphatic heterocycles. The van der Waals surface area contributed by atoms with E-state index in [4.69, 9.17) is 0 Å². The minimum absolute atomic E-state index is 0.180. The minimum atomic E-state index is 0.180. The molecular formula is C14H27N3O. The van der Waals surface area contributed by atoms with Crippen molar-refractivity contribution in [1.82, 2.24) is 15.5 Å². The molecule has 4 nitrogen and oxygen atoms in total. The number of amides is 1. The second-order valence-electron chi connectivity index (χ2n) is 6.49. The van der Waals surface area contributed by atoms with Crippen LogP contribution >= 0.6 is 0 Å². The highest BCUT2D eigenvalue weighted by Crippen LogP contribution is 2.35. The Balaban J connectivity index is 1.75. The number of nitrogens with zero attached hydrogens (tertiary/aromatic N) is 1. The van der Waals surface area contributed by atoms with Crippen molar-refractivity contribution in [2.75, 3.05) is 32.7 Å². The Morgan fingerprint density at radius 1 is 1.39 bits per heavy atom. The van der Waals surface area contributed by atoms with Crippen LogP contribution in [-0.2, 0) is 4.79 Å². The van der Waals surface area contributed by atoms with Crippen molar-refractivity contribution < 1.29 is 4.79 Å². The van der Waals surface area contributed by atoms with Crippen LogP contribution in [0, 0.1) is 11.3 Å². The average molecular weight is 253 g/mol. The van der Waals surface area contributed by atoms with Gasteiger partial charge in [-0.1, -0.05) is 13.8 Å². The molecule has 2 heterocycles. The van der Waals surface area contributed by atoms with E-state index in [1.54, 1.807) is 0 Å². The van der Waals surface area contributed by atoms with Gasteiger partial charge in [0.1, 0.15) is 0 Å². The monoisotopic (exact) mass is 253 g/mol. The summed E-state index contributed by atoms with van der Waals surface area (Å²) in [5.74, 6) is 0.678. The fraction of sp³-hybridized carbons (Fsp3) is 0.929. The van der Waals surface area contributed by atoms with E-state index < -0.39 is 0 Å². The van der Waals surface area contributed by atoms with Gasteiger partial charge in [0.05, 0.1) is 6.54 Å². The molecule has 2 saturated heterocycles. The lowest BCUT2D eigenvalue weighted by atomic mass is 9.87. The third-order valence-corrected chi connectivity index (χ3v) is 4.61. The second-order valence-corrected chi connectivity index (χ2v) is 6.49. The van der Waals surface area contributed by atoms with E-state index in [2.05, 4.69) is 36.3 Å². The van der Waals surface area contributed by atoms with E-state index in [0.717, 1.165) is 26.2 Å². The summed E-state index contributed by atoms with van der Waals surface area (Å²) in [5, 5.41) is 6.54. The number of nitrogens with one attached hydrogen (secondary N) is 2. The molecule has 0 bridgehead atoms. The molecule has 2 aliphatic rings. The van der Waals surface area contributed by atoms with Crippen LogP contribution < -0.4 is 10.6 Å². The lowest BCUT2D eigenvalue weighted by molar-refractivity contribution is -0.123. The number of carbonyl (C=O) groups is 1. The Hall–Kier alpha value is -0.610. The zero-order valence-corrected chi connectivity index (χ0v) is 12.0. The molecule has 0 saturated carbocycles. The van der Waals surface area contributed by atoms with Gasteiger partial charge in [-0.25, -0.2) is 0 Å². The molecule has 1 spiro atoms. The predicted octanol–water partition coefficient (Wildman–Crippen LogP) is 0.833. The zero-order chi connectivity index (χ0) is 13.2. The van der Waals surface area contributed by atoms with Gasteiger partial charge in [-0.3, -0.25) is 9.69 Å². The standard InChI is InChI=1S/C14H27N3O/c1-11(2)12(3)16-13(18)8-17-7-5-14(10-17)4-6-15-9-14/h11-12,15H,4-10H2,1-3H3,(H,16,18). The predicted molar refractivity (Wildman–Crippen MR) is 73.4 cm³/mol. The summed E-state index contributed by atoms with van der Waals surface area (Å²) < 4.78 is 0. The fourth-order valence-corrected chi connectivity index (χ4v) is 2.98. The molecule has 0 aromatic heterocycles.